The summed E-state index contributed by atoms with van der Waals surface area (Å²) in [6.45, 7) is 2.53. The quantitative estimate of drug-likeness (QED) is 0.282. The Bertz CT molecular complexity index is 1100. The lowest BCUT2D eigenvalue weighted by atomic mass is 10.2. The van der Waals surface area contributed by atoms with Gasteiger partial charge >= 0.3 is 5.97 Å². The van der Waals surface area contributed by atoms with Crippen molar-refractivity contribution in [3.8, 4) is 0 Å². The smallest absolute Gasteiger partial charge is 0.340 e. The molecule has 0 radical (unpaired) electrons. The number of aryl methyl sites for hydroxylation is 1. The van der Waals surface area contributed by atoms with Crippen molar-refractivity contribution in [1.29, 1.82) is 0 Å². The van der Waals surface area contributed by atoms with E-state index in [4.69, 9.17) is 40.2 Å². The maximum Gasteiger partial charge on any atom is 0.340 e. The molecule has 0 aliphatic heterocycles. The number of nitrogens with one attached hydrogen (secondary N) is 2. The number of thiophene rings is 1. The van der Waals surface area contributed by atoms with Crippen molar-refractivity contribution < 1.29 is 9.53 Å². The molecule has 0 fully saturated rings. The average Bonchev–Trinajstić information content (AvgIpc) is 3.27. The number of esters is 1. The molecule has 2 N–H and O–H groups in total. The van der Waals surface area contributed by atoms with E-state index in [1.54, 1.807) is 16.8 Å². The zero-order valence-electron chi connectivity index (χ0n) is 16.0. The van der Waals surface area contributed by atoms with Gasteiger partial charge in [-0.3, -0.25) is 4.68 Å². The fourth-order valence-electron chi connectivity index (χ4n) is 2.60. The Hall–Kier alpha value is -1.65. The zero-order chi connectivity index (χ0) is 21.8. The molecule has 0 unspecified atom stereocenters. The Labute approximate surface area is 201 Å². The molecule has 30 heavy (non-hydrogen) atoms. The number of nitrogens with zero attached hydrogens (tertiary/aromatic N) is 2. The number of ether oxygens (including phenoxy) is 1. The molecule has 3 aromatic rings. The van der Waals surface area contributed by atoms with Gasteiger partial charge in [-0.25, -0.2) is 4.79 Å². The number of carbonyl (C=O) groups is 1. The molecule has 0 spiro atoms. The van der Waals surface area contributed by atoms with Crippen LogP contribution in [0, 0.1) is 0 Å². The van der Waals surface area contributed by atoms with Gasteiger partial charge in [-0.1, -0.05) is 36.2 Å². The number of hydrogen-bond donors (Lipinski definition) is 2. The van der Waals surface area contributed by atoms with Crippen molar-refractivity contribution in [2.45, 2.75) is 19.9 Å². The fourth-order valence-corrected chi connectivity index (χ4v) is 4.59. The number of halogens is 3. The summed E-state index contributed by atoms with van der Waals surface area (Å²) < 4.78 is 7.33. The lowest BCUT2D eigenvalue weighted by molar-refractivity contribution is 0.0602. The maximum atomic E-state index is 12.0. The van der Waals surface area contributed by atoms with Gasteiger partial charge in [0.05, 0.1) is 33.7 Å². The molecule has 0 amide bonds. The van der Waals surface area contributed by atoms with Crippen LogP contribution >= 0.6 is 62.7 Å². The highest BCUT2D eigenvalue weighted by molar-refractivity contribution is 9.10. The van der Waals surface area contributed by atoms with Gasteiger partial charge in [0.1, 0.15) is 5.00 Å². The monoisotopic (exact) mass is 546 g/mol. The van der Waals surface area contributed by atoms with Crippen LogP contribution in [0.2, 0.25) is 10.0 Å². The second kappa shape index (κ2) is 10.1. The van der Waals surface area contributed by atoms with E-state index in [-0.39, 0.29) is 0 Å². The van der Waals surface area contributed by atoms with Gasteiger partial charge in [-0.2, -0.15) is 5.10 Å². The van der Waals surface area contributed by atoms with Crippen molar-refractivity contribution >= 4 is 84.6 Å². The van der Waals surface area contributed by atoms with E-state index in [9.17, 15) is 4.79 Å². The molecule has 0 saturated carbocycles. The summed E-state index contributed by atoms with van der Waals surface area (Å²) in [5.41, 5.74) is 1.41. The predicted octanol–water partition coefficient (Wildman–Crippen LogP) is 6.22. The number of benzene rings is 1. The van der Waals surface area contributed by atoms with Crippen LogP contribution in [0.25, 0.3) is 0 Å². The van der Waals surface area contributed by atoms with Gasteiger partial charge in [0.25, 0.3) is 0 Å². The van der Waals surface area contributed by atoms with Crippen LogP contribution in [0.1, 0.15) is 27.7 Å². The molecule has 158 valence electrons. The van der Waals surface area contributed by atoms with Crippen molar-refractivity contribution in [2.24, 2.45) is 0 Å². The number of methoxy groups -OCH3 is 1. The lowest BCUT2D eigenvalue weighted by Crippen LogP contribution is -2.20. The van der Waals surface area contributed by atoms with Crippen molar-refractivity contribution in [3.05, 3.63) is 61.0 Å². The highest BCUT2D eigenvalue weighted by Gasteiger charge is 2.18. The van der Waals surface area contributed by atoms with Crippen LogP contribution in [-0.2, 0) is 17.7 Å². The van der Waals surface area contributed by atoms with Crippen molar-refractivity contribution in [1.82, 2.24) is 9.78 Å². The highest BCUT2D eigenvalue weighted by atomic mass is 79.9. The molecular weight excluding hydrogens is 531 g/mol. The minimum Gasteiger partial charge on any atom is -0.465 e. The predicted molar refractivity (Wildman–Crippen MR) is 130 cm³/mol. The van der Waals surface area contributed by atoms with E-state index in [0.29, 0.717) is 38.1 Å². The van der Waals surface area contributed by atoms with E-state index < -0.39 is 5.97 Å². The number of thiocarbonyl (C=S) groups is 1. The summed E-state index contributed by atoms with van der Waals surface area (Å²) in [7, 11) is 1.35. The van der Waals surface area contributed by atoms with Gasteiger partial charge in [-0.15, -0.1) is 11.3 Å². The van der Waals surface area contributed by atoms with Crippen LogP contribution < -0.4 is 10.6 Å². The van der Waals surface area contributed by atoms with Crippen molar-refractivity contribution in [3.63, 3.8) is 0 Å². The van der Waals surface area contributed by atoms with Crippen LogP contribution in [-0.4, -0.2) is 28.0 Å². The number of hydrogen-bond acceptors (Lipinski definition) is 5. The van der Waals surface area contributed by atoms with Gasteiger partial charge in [0, 0.05) is 11.1 Å². The summed E-state index contributed by atoms with van der Waals surface area (Å²) in [5.74, 6) is 0.128. The molecule has 6 nitrogen and oxygen atoms in total. The second-order valence-corrected chi connectivity index (χ2v) is 9.37. The Balaban J connectivity index is 1.71. The highest BCUT2D eigenvalue weighted by Crippen LogP contribution is 2.30. The molecule has 2 aromatic heterocycles. The van der Waals surface area contributed by atoms with E-state index >= 15 is 0 Å². The summed E-state index contributed by atoms with van der Waals surface area (Å²) in [6, 6.07) is 7.25. The first-order chi connectivity index (χ1) is 14.3. The second-order valence-electron chi connectivity index (χ2n) is 6.15. The van der Waals surface area contributed by atoms with E-state index in [1.807, 2.05) is 25.3 Å². The number of carbonyl (C=O) groups excluding carboxylic acids is 1. The summed E-state index contributed by atoms with van der Waals surface area (Å²) in [5, 5.41) is 12.5. The molecule has 2 heterocycles. The molecule has 0 atom stereocenters. The minimum absolute atomic E-state index is 0.310. The van der Waals surface area contributed by atoms with Crippen molar-refractivity contribution in [2.75, 3.05) is 17.7 Å². The summed E-state index contributed by atoms with van der Waals surface area (Å²) in [6.07, 6.45) is 2.63. The van der Waals surface area contributed by atoms with E-state index in [0.717, 1.165) is 21.3 Å². The fraction of sp³-hybridized carbons (Fsp3) is 0.211. The SMILES string of the molecule is CCc1cc(C(=O)OC)c(NC(=S)Nc2nn(Cc3ccc(Cl)c(Cl)c3)cc2Br)s1. The standard InChI is InChI=1S/C19H17BrCl2N4O2S2/c1-3-11-7-12(18(27)28-2)17(30-11)24-19(29)23-16-13(20)9-26(25-16)8-10-4-5-14(21)15(22)6-10/h4-7,9H,3,8H2,1-2H3,(H2,23,24,25,29). The topological polar surface area (TPSA) is 68.2 Å². The number of aromatic nitrogens is 2. The molecule has 0 aliphatic carbocycles. The molecule has 0 bridgehead atoms. The third-order valence-electron chi connectivity index (χ3n) is 4.04. The molecule has 11 heteroatoms. The first kappa shape index (κ1) is 23.0. The Morgan fingerprint density at radius 2 is 2.07 bits per heavy atom. The Morgan fingerprint density at radius 1 is 1.30 bits per heavy atom. The van der Waals surface area contributed by atoms with Crippen LogP contribution in [0.5, 0.6) is 0 Å². The average molecular weight is 548 g/mol. The normalized spacial score (nSPS) is 10.7. The molecule has 1 aromatic carbocycles. The minimum atomic E-state index is -0.414. The van der Waals surface area contributed by atoms with Gasteiger partial charge < -0.3 is 15.4 Å². The van der Waals surface area contributed by atoms with E-state index in [1.165, 1.54) is 18.4 Å². The maximum absolute atomic E-state index is 12.0. The summed E-state index contributed by atoms with van der Waals surface area (Å²) >= 11 is 22.4. The molecule has 3 rings (SSSR count). The summed E-state index contributed by atoms with van der Waals surface area (Å²) in [4.78, 5) is 13.1. The largest absolute Gasteiger partial charge is 0.465 e. The van der Waals surface area contributed by atoms with Crippen LogP contribution in [0.3, 0.4) is 0 Å². The first-order valence-corrected chi connectivity index (χ1v) is 11.5. The van der Waals surface area contributed by atoms with Gasteiger partial charge in [0.15, 0.2) is 10.9 Å². The third kappa shape index (κ3) is 5.53. The third-order valence-corrected chi connectivity index (χ3v) is 6.76. The van der Waals surface area contributed by atoms with Gasteiger partial charge in [0.2, 0.25) is 0 Å². The number of anilines is 2. The number of rotatable bonds is 6. The van der Waals surface area contributed by atoms with Crippen LogP contribution in [0.15, 0.2) is 34.9 Å². The molecule has 0 aliphatic rings. The van der Waals surface area contributed by atoms with E-state index in [2.05, 4.69) is 31.7 Å². The Morgan fingerprint density at radius 3 is 2.73 bits per heavy atom. The molecule has 0 saturated heterocycles. The van der Waals surface area contributed by atoms with Crippen LogP contribution in [0.4, 0.5) is 10.8 Å². The molecular formula is C19H17BrCl2N4O2S2. The Kier molecular flexibility index (Phi) is 7.75. The van der Waals surface area contributed by atoms with Gasteiger partial charge in [-0.05, 0) is 58.3 Å². The first-order valence-electron chi connectivity index (χ1n) is 8.76. The lowest BCUT2D eigenvalue weighted by Gasteiger charge is -2.09. The zero-order valence-corrected chi connectivity index (χ0v) is 20.7.